The summed E-state index contributed by atoms with van der Waals surface area (Å²) in [6, 6.07) is 0. The molecule has 0 saturated carbocycles. The van der Waals surface area contributed by atoms with Crippen LogP contribution in [0.15, 0.2) is 0 Å². The number of esters is 1. The first kappa shape index (κ1) is 15.5. The molecule has 1 heterocycles. The van der Waals surface area contributed by atoms with Gasteiger partial charge in [-0.05, 0) is 20.8 Å². The Morgan fingerprint density at radius 3 is 2.58 bits per heavy atom. The highest BCUT2D eigenvalue weighted by molar-refractivity contribution is 6.31. The molecule has 0 radical (unpaired) electrons. The van der Waals surface area contributed by atoms with E-state index in [0.29, 0.717) is 23.0 Å². The zero-order valence-electron chi connectivity index (χ0n) is 11.1. The summed E-state index contributed by atoms with van der Waals surface area (Å²) in [7, 11) is 0. The van der Waals surface area contributed by atoms with E-state index in [-0.39, 0.29) is 13.0 Å². The van der Waals surface area contributed by atoms with Crippen molar-refractivity contribution in [2.75, 3.05) is 6.61 Å². The number of hydrogen-bond acceptors (Lipinski definition) is 4. The van der Waals surface area contributed by atoms with E-state index in [4.69, 9.17) is 21.4 Å². The summed E-state index contributed by atoms with van der Waals surface area (Å²) in [5.74, 6) is -3.25. The highest BCUT2D eigenvalue weighted by atomic mass is 35.5. The van der Waals surface area contributed by atoms with Gasteiger partial charge >= 0.3 is 11.9 Å². The van der Waals surface area contributed by atoms with Gasteiger partial charge in [-0.1, -0.05) is 11.6 Å². The number of halogens is 1. The van der Waals surface area contributed by atoms with Crippen LogP contribution >= 0.6 is 11.6 Å². The van der Waals surface area contributed by atoms with E-state index < -0.39 is 17.9 Å². The Hall–Kier alpha value is -1.56. The van der Waals surface area contributed by atoms with Crippen LogP contribution in [0.2, 0.25) is 5.02 Å². The van der Waals surface area contributed by atoms with Gasteiger partial charge in [-0.25, -0.2) is 0 Å². The number of hydrogen-bond donors (Lipinski definition) is 1. The molecule has 106 valence electrons. The van der Waals surface area contributed by atoms with Gasteiger partial charge in [0.1, 0.15) is 0 Å². The smallest absolute Gasteiger partial charge is 0.320 e. The van der Waals surface area contributed by atoms with Crippen LogP contribution in [0.1, 0.15) is 25.2 Å². The van der Waals surface area contributed by atoms with Crippen molar-refractivity contribution in [3.63, 3.8) is 0 Å². The number of aryl methyl sites for hydroxylation is 2. The van der Waals surface area contributed by atoms with E-state index in [2.05, 4.69) is 5.10 Å². The molecule has 0 spiro atoms. The Morgan fingerprint density at radius 2 is 2.11 bits per heavy atom. The fourth-order valence-electron chi connectivity index (χ4n) is 1.77. The molecule has 1 N–H and O–H groups in total. The van der Waals surface area contributed by atoms with Gasteiger partial charge in [-0.2, -0.15) is 5.10 Å². The zero-order valence-corrected chi connectivity index (χ0v) is 11.9. The predicted molar refractivity (Wildman–Crippen MR) is 69.1 cm³/mol. The molecule has 6 nitrogen and oxygen atoms in total. The number of carbonyl (C=O) groups excluding carboxylic acids is 1. The normalized spacial score (nSPS) is 12.2. The number of aliphatic carboxylic acids is 1. The minimum Gasteiger partial charge on any atom is -0.481 e. The predicted octanol–water partition coefficient (Wildman–Crippen LogP) is 1.67. The van der Waals surface area contributed by atoms with Crippen molar-refractivity contribution >= 4 is 23.5 Å². The second kappa shape index (κ2) is 6.56. The minimum absolute atomic E-state index is 0.0261. The third-order valence-corrected chi connectivity index (χ3v) is 3.21. The average molecular weight is 289 g/mol. The second-order valence-corrected chi connectivity index (χ2v) is 4.39. The molecule has 1 atom stereocenters. The Balaban J connectivity index is 3.03. The van der Waals surface area contributed by atoms with E-state index in [1.54, 1.807) is 18.5 Å². The Labute approximate surface area is 116 Å². The first-order valence-corrected chi connectivity index (χ1v) is 6.41. The average Bonchev–Trinajstić information content (AvgIpc) is 2.62. The lowest BCUT2D eigenvalue weighted by Crippen LogP contribution is -2.29. The number of ether oxygens (including phenoxy) is 1. The SMILES string of the molecule is CCOC(=O)C(Cc1c(Cl)c(C)nn1CC)C(=O)O. The summed E-state index contributed by atoms with van der Waals surface area (Å²) in [6.45, 7) is 5.93. The van der Waals surface area contributed by atoms with Crippen LogP contribution in [0.25, 0.3) is 0 Å². The maximum atomic E-state index is 11.6. The number of aromatic nitrogens is 2. The van der Waals surface area contributed by atoms with Gasteiger partial charge in [0, 0.05) is 13.0 Å². The van der Waals surface area contributed by atoms with Gasteiger partial charge in [0.25, 0.3) is 0 Å². The molecular weight excluding hydrogens is 272 g/mol. The first-order valence-electron chi connectivity index (χ1n) is 6.03. The van der Waals surface area contributed by atoms with Crippen LogP contribution in [0.4, 0.5) is 0 Å². The van der Waals surface area contributed by atoms with Crippen LogP contribution in [0.3, 0.4) is 0 Å². The Bertz CT molecular complexity index is 484. The molecule has 0 bridgehead atoms. The van der Waals surface area contributed by atoms with Gasteiger partial charge in [-0.15, -0.1) is 0 Å². The van der Waals surface area contributed by atoms with E-state index in [0.717, 1.165) is 0 Å². The van der Waals surface area contributed by atoms with E-state index in [1.165, 1.54) is 0 Å². The Kier molecular flexibility index (Phi) is 5.35. The van der Waals surface area contributed by atoms with Crippen LogP contribution in [-0.4, -0.2) is 33.4 Å². The van der Waals surface area contributed by atoms with E-state index in [9.17, 15) is 9.59 Å². The van der Waals surface area contributed by atoms with Crippen molar-refractivity contribution in [2.45, 2.75) is 33.7 Å². The molecule has 1 rings (SSSR count). The fraction of sp³-hybridized carbons (Fsp3) is 0.583. The van der Waals surface area contributed by atoms with Crippen LogP contribution in [0, 0.1) is 12.8 Å². The van der Waals surface area contributed by atoms with Gasteiger partial charge < -0.3 is 9.84 Å². The third kappa shape index (κ3) is 3.47. The van der Waals surface area contributed by atoms with E-state index >= 15 is 0 Å². The maximum absolute atomic E-state index is 11.6. The molecule has 0 aliphatic heterocycles. The van der Waals surface area contributed by atoms with Crippen molar-refractivity contribution in [1.29, 1.82) is 0 Å². The number of carboxylic acid groups (broad SMARTS) is 1. The van der Waals surface area contributed by atoms with Crippen molar-refractivity contribution in [3.8, 4) is 0 Å². The molecule has 1 aromatic rings. The van der Waals surface area contributed by atoms with Gasteiger partial charge in [0.2, 0.25) is 0 Å². The molecule has 7 heteroatoms. The minimum atomic E-state index is -1.26. The summed E-state index contributed by atoms with van der Waals surface area (Å²) < 4.78 is 6.37. The van der Waals surface area contributed by atoms with Crippen molar-refractivity contribution in [1.82, 2.24) is 9.78 Å². The monoisotopic (exact) mass is 288 g/mol. The maximum Gasteiger partial charge on any atom is 0.320 e. The summed E-state index contributed by atoms with van der Waals surface area (Å²) in [5.41, 5.74) is 1.16. The number of rotatable bonds is 6. The van der Waals surface area contributed by atoms with Crippen LogP contribution < -0.4 is 0 Å². The van der Waals surface area contributed by atoms with Gasteiger partial charge in [0.15, 0.2) is 5.92 Å². The van der Waals surface area contributed by atoms with Crippen molar-refractivity contribution in [3.05, 3.63) is 16.4 Å². The quantitative estimate of drug-likeness (QED) is 0.636. The standard InChI is InChI=1S/C12H17ClN2O4/c1-4-15-9(10(13)7(3)14-15)6-8(11(16)17)12(18)19-5-2/h8H,4-6H2,1-3H3,(H,16,17). The summed E-state index contributed by atoms with van der Waals surface area (Å²) >= 11 is 6.09. The van der Waals surface area contributed by atoms with Crippen molar-refractivity contribution < 1.29 is 19.4 Å². The fourth-order valence-corrected chi connectivity index (χ4v) is 1.98. The topological polar surface area (TPSA) is 81.4 Å². The summed E-state index contributed by atoms with van der Waals surface area (Å²) in [6.07, 6.45) is -0.0261. The molecule has 0 aliphatic rings. The van der Waals surface area contributed by atoms with Crippen LogP contribution in [0.5, 0.6) is 0 Å². The van der Waals surface area contributed by atoms with Gasteiger partial charge in [0.05, 0.1) is 23.0 Å². The van der Waals surface area contributed by atoms with Crippen molar-refractivity contribution in [2.24, 2.45) is 5.92 Å². The summed E-state index contributed by atoms with van der Waals surface area (Å²) in [5, 5.41) is 13.7. The lowest BCUT2D eigenvalue weighted by atomic mass is 10.0. The number of carboxylic acids is 1. The molecule has 0 fully saturated rings. The molecule has 19 heavy (non-hydrogen) atoms. The molecule has 0 saturated heterocycles. The molecule has 1 unspecified atom stereocenters. The Morgan fingerprint density at radius 1 is 1.47 bits per heavy atom. The first-order chi connectivity index (χ1) is 8.92. The lowest BCUT2D eigenvalue weighted by Gasteiger charge is -2.12. The van der Waals surface area contributed by atoms with E-state index in [1.807, 2.05) is 6.92 Å². The molecule has 1 aromatic heterocycles. The second-order valence-electron chi connectivity index (χ2n) is 4.01. The summed E-state index contributed by atoms with van der Waals surface area (Å²) in [4.78, 5) is 22.8. The largest absolute Gasteiger partial charge is 0.481 e. The highest BCUT2D eigenvalue weighted by Gasteiger charge is 2.30. The number of carbonyl (C=O) groups is 2. The highest BCUT2D eigenvalue weighted by Crippen LogP contribution is 2.23. The number of nitrogens with zero attached hydrogens (tertiary/aromatic N) is 2. The molecule has 0 aliphatic carbocycles. The third-order valence-electron chi connectivity index (χ3n) is 2.72. The van der Waals surface area contributed by atoms with Crippen LogP contribution in [-0.2, 0) is 27.3 Å². The molecule has 0 aromatic carbocycles. The lowest BCUT2D eigenvalue weighted by molar-refractivity contribution is -0.158. The molecule has 0 amide bonds. The zero-order chi connectivity index (χ0) is 14.6. The molecular formula is C12H17ClN2O4. The van der Waals surface area contributed by atoms with Gasteiger partial charge in [-0.3, -0.25) is 14.3 Å².